The average Bonchev–Trinajstić information content (AvgIpc) is 2.48. The van der Waals surface area contributed by atoms with E-state index >= 15 is 0 Å². The fourth-order valence-corrected chi connectivity index (χ4v) is 5.06. The van der Waals surface area contributed by atoms with Gasteiger partial charge in [0.25, 0.3) is 0 Å². The topological polar surface area (TPSA) is 46.5 Å². The number of fused-ring (bicyclic) bond motifs is 1. The molecule has 3 fully saturated rings. The first-order valence-electron chi connectivity index (χ1n) is 6.87. The first-order chi connectivity index (χ1) is 8.30. The van der Waals surface area contributed by atoms with Crippen LogP contribution in [0.2, 0.25) is 0 Å². The van der Waals surface area contributed by atoms with E-state index in [0.29, 0.717) is 5.92 Å². The number of allylic oxidation sites excluding steroid dienone is 1. The predicted molar refractivity (Wildman–Crippen MR) is 67.4 cm³/mol. The fourth-order valence-electron chi connectivity index (χ4n) is 5.06. The van der Waals surface area contributed by atoms with Gasteiger partial charge in [0.15, 0.2) is 0 Å². The molecule has 0 unspecified atom stereocenters. The number of carbonyl (C=O) groups is 1. The summed E-state index contributed by atoms with van der Waals surface area (Å²) in [6.45, 7) is 10.6. The van der Waals surface area contributed by atoms with Crippen molar-refractivity contribution in [2.75, 3.05) is 0 Å². The van der Waals surface area contributed by atoms with Crippen LogP contribution in [-0.2, 0) is 9.53 Å². The van der Waals surface area contributed by atoms with Gasteiger partial charge < -0.3 is 9.84 Å². The summed E-state index contributed by atoms with van der Waals surface area (Å²) in [6, 6.07) is 0. The Kier molecular flexibility index (Phi) is 2.30. The van der Waals surface area contributed by atoms with Gasteiger partial charge in [0.1, 0.15) is 0 Å². The van der Waals surface area contributed by atoms with E-state index in [2.05, 4.69) is 20.4 Å². The summed E-state index contributed by atoms with van der Waals surface area (Å²) in [5.74, 6) is 0.107. The predicted octanol–water partition coefficient (Wildman–Crippen LogP) is 2.50. The van der Waals surface area contributed by atoms with Crippen molar-refractivity contribution in [1.82, 2.24) is 0 Å². The maximum Gasteiger partial charge on any atom is 0.311 e. The zero-order valence-electron chi connectivity index (χ0n) is 11.4. The molecular weight excluding hydrogens is 228 g/mol. The van der Waals surface area contributed by atoms with E-state index in [0.717, 1.165) is 19.3 Å². The van der Waals surface area contributed by atoms with E-state index in [9.17, 15) is 9.90 Å². The molecule has 1 heterocycles. The van der Waals surface area contributed by atoms with Crippen LogP contribution in [0.4, 0.5) is 0 Å². The number of hydrogen-bond acceptors (Lipinski definition) is 3. The molecule has 1 saturated heterocycles. The highest BCUT2D eigenvalue weighted by Gasteiger charge is 2.68. The zero-order valence-corrected chi connectivity index (χ0v) is 11.4. The van der Waals surface area contributed by atoms with E-state index in [-0.39, 0.29) is 28.6 Å². The highest BCUT2D eigenvalue weighted by atomic mass is 16.6. The van der Waals surface area contributed by atoms with Crippen LogP contribution in [0.25, 0.3) is 0 Å². The van der Waals surface area contributed by atoms with Gasteiger partial charge in [-0.3, -0.25) is 4.79 Å². The molecule has 0 radical (unpaired) electrons. The Labute approximate surface area is 108 Å². The number of carbonyl (C=O) groups excluding carboxylic acids is 1. The van der Waals surface area contributed by atoms with Gasteiger partial charge in [-0.15, -0.1) is 0 Å². The van der Waals surface area contributed by atoms with Gasteiger partial charge in [0, 0.05) is 5.92 Å². The molecule has 1 N–H and O–H groups in total. The van der Waals surface area contributed by atoms with Crippen LogP contribution in [0.15, 0.2) is 12.2 Å². The molecule has 18 heavy (non-hydrogen) atoms. The third-order valence-corrected chi connectivity index (χ3v) is 6.05. The lowest BCUT2D eigenvalue weighted by Gasteiger charge is -2.48. The van der Waals surface area contributed by atoms with Gasteiger partial charge in [0.05, 0.1) is 5.92 Å². The summed E-state index contributed by atoms with van der Waals surface area (Å²) in [5, 5.41) is 10.3. The SMILES string of the molecule is C=C1CC[C@@]23C[C@@H]1C(C)(C)[C@H]2[C@@H](O)OC(=O)[C@H]3C. The van der Waals surface area contributed by atoms with Gasteiger partial charge in [-0.1, -0.05) is 32.9 Å². The fraction of sp³-hybridized carbons (Fsp3) is 0.800. The van der Waals surface area contributed by atoms with Gasteiger partial charge >= 0.3 is 5.97 Å². The number of rotatable bonds is 0. The van der Waals surface area contributed by atoms with Crippen molar-refractivity contribution in [3.8, 4) is 0 Å². The van der Waals surface area contributed by atoms with E-state index < -0.39 is 6.29 Å². The molecule has 0 aromatic heterocycles. The van der Waals surface area contributed by atoms with Crippen molar-refractivity contribution in [2.45, 2.75) is 46.3 Å². The van der Waals surface area contributed by atoms with E-state index in [1.807, 2.05) is 6.92 Å². The van der Waals surface area contributed by atoms with Gasteiger partial charge in [-0.25, -0.2) is 0 Å². The number of ether oxygens (including phenoxy) is 1. The van der Waals surface area contributed by atoms with Gasteiger partial charge in [-0.2, -0.15) is 0 Å². The second-order valence-electron chi connectivity index (χ2n) is 7.00. The summed E-state index contributed by atoms with van der Waals surface area (Å²) in [4.78, 5) is 11.9. The van der Waals surface area contributed by atoms with Crippen LogP contribution in [0.1, 0.15) is 40.0 Å². The quantitative estimate of drug-likeness (QED) is 0.531. The number of esters is 1. The van der Waals surface area contributed by atoms with Crippen molar-refractivity contribution < 1.29 is 14.6 Å². The molecule has 0 aromatic rings. The number of aliphatic hydroxyl groups excluding tert-OH is 1. The van der Waals surface area contributed by atoms with Crippen LogP contribution in [0, 0.1) is 28.6 Å². The molecule has 3 nitrogen and oxygen atoms in total. The molecular formula is C15H22O3. The van der Waals surface area contributed by atoms with Crippen molar-refractivity contribution in [3.63, 3.8) is 0 Å². The lowest BCUT2D eigenvalue weighted by molar-refractivity contribution is -0.230. The van der Waals surface area contributed by atoms with Crippen molar-refractivity contribution >= 4 is 5.97 Å². The lowest BCUT2D eigenvalue weighted by Crippen LogP contribution is -2.53. The second kappa shape index (κ2) is 3.38. The molecule has 1 spiro atoms. The minimum atomic E-state index is -0.945. The largest absolute Gasteiger partial charge is 0.435 e. The zero-order chi connectivity index (χ0) is 13.3. The summed E-state index contributed by atoms with van der Waals surface area (Å²) in [7, 11) is 0. The molecule has 2 bridgehead atoms. The highest BCUT2D eigenvalue weighted by Crippen LogP contribution is 2.69. The normalized spacial score (nSPS) is 49.8. The summed E-state index contributed by atoms with van der Waals surface area (Å²) >= 11 is 0. The van der Waals surface area contributed by atoms with Crippen LogP contribution in [-0.4, -0.2) is 17.4 Å². The molecule has 2 saturated carbocycles. The smallest absolute Gasteiger partial charge is 0.311 e. The average molecular weight is 250 g/mol. The molecule has 5 atom stereocenters. The maximum absolute atomic E-state index is 11.9. The third-order valence-electron chi connectivity index (χ3n) is 6.05. The number of cyclic esters (lactones) is 1. The van der Waals surface area contributed by atoms with E-state index in [1.54, 1.807) is 0 Å². The Morgan fingerprint density at radius 2 is 2.11 bits per heavy atom. The first-order valence-corrected chi connectivity index (χ1v) is 6.87. The number of hydrogen-bond donors (Lipinski definition) is 1. The monoisotopic (exact) mass is 250 g/mol. The Balaban J connectivity index is 2.13. The van der Waals surface area contributed by atoms with Crippen LogP contribution < -0.4 is 0 Å². The van der Waals surface area contributed by atoms with Crippen molar-refractivity contribution in [1.29, 1.82) is 0 Å². The Morgan fingerprint density at radius 1 is 1.44 bits per heavy atom. The van der Waals surface area contributed by atoms with Crippen LogP contribution in [0.3, 0.4) is 0 Å². The molecule has 3 heteroatoms. The van der Waals surface area contributed by atoms with Crippen molar-refractivity contribution in [2.24, 2.45) is 28.6 Å². The molecule has 100 valence electrons. The number of aliphatic hydroxyl groups is 1. The Morgan fingerprint density at radius 3 is 2.78 bits per heavy atom. The van der Waals surface area contributed by atoms with Gasteiger partial charge in [0.2, 0.25) is 6.29 Å². The second-order valence-corrected chi connectivity index (χ2v) is 7.00. The minimum absolute atomic E-state index is 0.0397. The molecule has 2 aliphatic carbocycles. The molecule has 3 rings (SSSR count). The van der Waals surface area contributed by atoms with Crippen LogP contribution in [0.5, 0.6) is 0 Å². The third kappa shape index (κ3) is 1.21. The summed E-state index contributed by atoms with van der Waals surface area (Å²) < 4.78 is 5.17. The van der Waals surface area contributed by atoms with Gasteiger partial charge in [-0.05, 0) is 36.0 Å². The van der Waals surface area contributed by atoms with E-state index in [4.69, 9.17) is 4.74 Å². The minimum Gasteiger partial charge on any atom is -0.435 e. The molecule has 0 aromatic carbocycles. The summed E-state index contributed by atoms with van der Waals surface area (Å²) in [6.07, 6.45) is 1.98. The summed E-state index contributed by atoms with van der Waals surface area (Å²) in [5.41, 5.74) is 1.17. The lowest BCUT2D eigenvalue weighted by atomic mass is 9.60. The van der Waals surface area contributed by atoms with Crippen LogP contribution >= 0.6 is 0 Å². The standard InChI is InChI=1S/C15H22O3/c1-8-5-6-15-7-10(8)14(3,4)11(15)13(17)18-12(16)9(15)2/h9-11,13,17H,1,5-7H2,2-4H3/t9-,10+,11-,13+,15+/m1/s1. The Hall–Kier alpha value is -0.830. The first kappa shape index (κ1) is 12.2. The highest BCUT2D eigenvalue weighted by molar-refractivity contribution is 5.74. The maximum atomic E-state index is 11.9. The molecule has 1 aliphatic heterocycles. The van der Waals surface area contributed by atoms with E-state index in [1.165, 1.54) is 5.57 Å². The Bertz CT molecular complexity index is 425. The van der Waals surface area contributed by atoms with Crippen molar-refractivity contribution in [3.05, 3.63) is 12.2 Å². The molecule has 3 aliphatic rings. The molecule has 0 amide bonds.